The molecule has 0 aliphatic rings. The standard InChI is InChI=1S/C42H24N6/c1-4-25-7-10-28-13-16-34(46-40(28)37(25)43-19-1)31-22-32(35-17-14-29-11-8-26-5-2-20-44-38(26)41(29)47-35)24-33(23-31)36-18-15-30-12-9-27-6-3-21-45-39(27)42(30)48-36/h1-24H. The van der Waals surface area contributed by atoms with Crippen molar-refractivity contribution in [3.63, 3.8) is 0 Å². The van der Waals surface area contributed by atoms with Gasteiger partial charge in [-0.1, -0.05) is 72.8 Å². The first-order valence-electron chi connectivity index (χ1n) is 15.8. The van der Waals surface area contributed by atoms with E-state index in [0.717, 1.165) is 99.2 Å². The van der Waals surface area contributed by atoms with Crippen molar-refractivity contribution in [1.82, 2.24) is 29.9 Å². The topological polar surface area (TPSA) is 77.3 Å². The van der Waals surface area contributed by atoms with Gasteiger partial charge in [-0.2, -0.15) is 0 Å². The van der Waals surface area contributed by atoms with E-state index in [1.165, 1.54) is 0 Å². The third-order valence-corrected chi connectivity index (χ3v) is 9.12. The van der Waals surface area contributed by atoms with Gasteiger partial charge in [0, 0.05) is 67.6 Å². The van der Waals surface area contributed by atoms with E-state index in [2.05, 4.69) is 124 Å². The normalized spacial score (nSPS) is 11.8. The van der Waals surface area contributed by atoms with Crippen LogP contribution in [-0.4, -0.2) is 29.9 Å². The summed E-state index contributed by atoms with van der Waals surface area (Å²) >= 11 is 0. The quantitative estimate of drug-likeness (QED) is 0.185. The second-order valence-corrected chi connectivity index (χ2v) is 12.0. The molecule has 0 aliphatic heterocycles. The Morgan fingerprint density at radius 2 is 0.542 bits per heavy atom. The Labute approximate surface area is 274 Å². The van der Waals surface area contributed by atoms with Gasteiger partial charge in [0.2, 0.25) is 0 Å². The lowest BCUT2D eigenvalue weighted by Gasteiger charge is -2.12. The average Bonchev–Trinajstić information content (AvgIpc) is 3.17. The Morgan fingerprint density at radius 3 is 0.854 bits per heavy atom. The van der Waals surface area contributed by atoms with Crippen LogP contribution in [0.1, 0.15) is 0 Å². The summed E-state index contributed by atoms with van der Waals surface area (Å²) in [6, 6.07) is 43.8. The van der Waals surface area contributed by atoms with Crippen molar-refractivity contribution in [3.05, 3.63) is 146 Å². The summed E-state index contributed by atoms with van der Waals surface area (Å²) in [6.07, 6.45) is 5.47. The highest BCUT2D eigenvalue weighted by Gasteiger charge is 2.14. The lowest BCUT2D eigenvalue weighted by atomic mass is 9.97. The molecule has 6 aromatic heterocycles. The van der Waals surface area contributed by atoms with Crippen molar-refractivity contribution < 1.29 is 0 Å². The molecule has 10 aromatic rings. The van der Waals surface area contributed by atoms with Crippen LogP contribution in [0.5, 0.6) is 0 Å². The predicted molar refractivity (Wildman–Crippen MR) is 195 cm³/mol. The lowest BCUT2D eigenvalue weighted by molar-refractivity contribution is 1.34. The first kappa shape index (κ1) is 26.5. The summed E-state index contributed by atoms with van der Waals surface area (Å²) < 4.78 is 0. The number of nitrogens with zero attached hydrogens (tertiary/aromatic N) is 6. The van der Waals surface area contributed by atoms with E-state index in [1.54, 1.807) is 0 Å². The molecule has 10 rings (SSSR count). The second-order valence-electron chi connectivity index (χ2n) is 12.0. The highest BCUT2D eigenvalue weighted by molar-refractivity contribution is 6.05. The van der Waals surface area contributed by atoms with E-state index in [-0.39, 0.29) is 0 Å². The van der Waals surface area contributed by atoms with Gasteiger partial charge >= 0.3 is 0 Å². The fourth-order valence-electron chi connectivity index (χ4n) is 6.72. The van der Waals surface area contributed by atoms with Crippen LogP contribution in [0.2, 0.25) is 0 Å². The van der Waals surface area contributed by atoms with Gasteiger partial charge in [0.15, 0.2) is 0 Å². The minimum absolute atomic E-state index is 0.851. The zero-order chi connectivity index (χ0) is 31.6. The molecule has 6 heteroatoms. The van der Waals surface area contributed by atoms with Gasteiger partial charge in [0.1, 0.15) is 0 Å². The highest BCUT2D eigenvalue weighted by Crippen LogP contribution is 2.35. The summed E-state index contributed by atoms with van der Waals surface area (Å²) in [6.45, 7) is 0. The maximum absolute atomic E-state index is 5.20. The third kappa shape index (κ3) is 4.27. The van der Waals surface area contributed by atoms with Crippen LogP contribution in [0, 0.1) is 0 Å². The van der Waals surface area contributed by atoms with Crippen molar-refractivity contribution in [2.24, 2.45) is 0 Å². The van der Waals surface area contributed by atoms with Crippen LogP contribution < -0.4 is 0 Å². The van der Waals surface area contributed by atoms with Gasteiger partial charge in [-0.25, -0.2) is 15.0 Å². The first-order valence-corrected chi connectivity index (χ1v) is 15.8. The molecule has 0 bridgehead atoms. The average molecular weight is 613 g/mol. The number of pyridine rings is 6. The van der Waals surface area contributed by atoms with Gasteiger partial charge < -0.3 is 0 Å². The number of aromatic nitrogens is 6. The zero-order valence-corrected chi connectivity index (χ0v) is 25.5. The monoisotopic (exact) mass is 612 g/mol. The SMILES string of the molecule is c1cnc2c(c1)ccc1ccc(-c3cc(-c4ccc5ccc6cccnc6c5n4)cc(-c4ccc5ccc6cccnc6c5n4)c3)nc12. The van der Waals surface area contributed by atoms with E-state index in [1.807, 2.05) is 36.8 Å². The lowest BCUT2D eigenvalue weighted by Crippen LogP contribution is -1.94. The minimum Gasteiger partial charge on any atom is -0.254 e. The Bertz CT molecular complexity index is 2590. The second kappa shape index (κ2) is 10.4. The number of hydrogen-bond acceptors (Lipinski definition) is 6. The summed E-state index contributed by atoms with van der Waals surface area (Å²) in [7, 11) is 0. The van der Waals surface area contributed by atoms with E-state index in [0.29, 0.717) is 0 Å². The Balaban J connectivity index is 1.22. The van der Waals surface area contributed by atoms with Gasteiger partial charge in [0.25, 0.3) is 0 Å². The van der Waals surface area contributed by atoms with Crippen LogP contribution in [0.25, 0.3) is 99.2 Å². The van der Waals surface area contributed by atoms with Crippen LogP contribution in [0.15, 0.2) is 146 Å². The van der Waals surface area contributed by atoms with Crippen LogP contribution in [0.4, 0.5) is 0 Å². The molecule has 0 N–H and O–H groups in total. The minimum atomic E-state index is 0.851. The van der Waals surface area contributed by atoms with E-state index in [9.17, 15) is 0 Å². The Kier molecular flexibility index (Phi) is 5.77. The molecular formula is C42H24N6. The molecule has 0 spiro atoms. The van der Waals surface area contributed by atoms with Crippen LogP contribution in [-0.2, 0) is 0 Å². The summed E-state index contributed by atoms with van der Waals surface area (Å²) in [5.41, 5.74) is 10.7. The molecule has 222 valence electrons. The maximum Gasteiger partial charge on any atom is 0.0972 e. The molecule has 48 heavy (non-hydrogen) atoms. The molecule has 0 fully saturated rings. The van der Waals surface area contributed by atoms with Crippen LogP contribution in [0.3, 0.4) is 0 Å². The molecule has 0 atom stereocenters. The van der Waals surface area contributed by atoms with Crippen molar-refractivity contribution in [2.75, 3.05) is 0 Å². The van der Waals surface area contributed by atoms with Gasteiger partial charge in [-0.15, -0.1) is 0 Å². The molecule has 6 heterocycles. The number of benzene rings is 4. The van der Waals surface area contributed by atoms with E-state index in [4.69, 9.17) is 15.0 Å². The molecular weight excluding hydrogens is 589 g/mol. The van der Waals surface area contributed by atoms with Gasteiger partial charge in [-0.3, -0.25) is 15.0 Å². The molecule has 4 aromatic carbocycles. The number of fused-ring (bicyclic) bond motifs is 9. The van der Waals surface area contributed by atoms with Crippen LogP contribution >= 0.6 is 0 Å². The fourth-order valence-corrected chi connectivity index (χ4v) is 6.72. The summed E-state index contributed by atoms with van der Waals surface area (Å²) in [4.78, 5) is 29.7. The fraction of sp³-hybridized carbons (Fsp3) is 0. The summed E-state index contributed by atoms with van der Waals surface area (Å²) in [5, 5.41) is 6.33. The molecule has 0 radical (unpaired) electrons. The van der Waals surface area contributed by atoms with Crippen molar-refractivity contribution in [1.29, 1.82) is 0 Å². The summed E-state index contributed by atoms with van der Waals surface area (Å²) in [5.74, 6) is 0. The molecule has 6 nitrogen and oxygen atoms in total. The van der Waals surface area contributed by atoms with Crippen molar-refractivity contribution in [3.8, 4) is 33.8 Å². The molecule has 0 amide bonds. The van der Waals surface area contributed by atoms with E-state index < -0.39 is 0 Å². The predicted octanol–water partition coefficient (Wildman–Crippen LogP) is 9.98. The Hall–Kier alpha value is -6.66. The highest BCUT2D eigenvalue weighted by atomic mass is 14.8. The van der Waals surface area contributed by atoms with E-state index >= 15 is 0 Å². The smallest absolute Gasteiger partial charge is 0.0972 e. The number of hydrogen-bond donors (Lipinski definition) is 0. The molecule has 0 saturated heterocycles. The maximum atomic E-state index is 5.20. The molecule has 0 saturated carbocycles. The first-order chi connectivity index (χ1) is 23.7. The third-order valence-electron chi connectivity index (χ3n) is 9.12. The largest absolute Gasteiger partial charge is 0.254 e. The molecule has 0 aliphatic carbocycles. The zero-order valence-electron chi connectivity index (χ0n) is 25.5. The van der Waals surface area contributed by atoms with Gasteiger partial charge in [0.05, 0.1) is 50.2 Å². The van der Waals surface area contributed by atoms with Crippen molar-refractivity contribution in [2.45, 2.75) is 0 Å². The van der Waals surface area contributed by atoms with Gasteiger partial charge in [-0.05, 0) is 54.6 Å². The van der Waals surface area contributed by atoms with Crippen molar-refractivity contribution >= 4 is 65.4 Å². The molecule has 0 unspecified atom stereocenters. The Morgan fingerprint density at radius 1 is 0.271 bits per heavy atom. The number of rotatable bonds is 3.